The van der Waals surface area contributed by atoms with E-state index < -0.39 is 0 Å². The standard InChI is InChI=1S/C11H10OS2/c12-9-6-10(14-11(13)7-9)8-4-2-1-3-5-8/h1-5,10H,6-7H2. The third kappa shape index (κ3) is 2.22. The van der Waals surface area contributed by atoms with Gasteiger partial charge in [-0.1, -0.05) is 42.5 Å². The Kier molecular flexibility index (Phi) is 2.99. The summed E-state index contributed by atoms with van der Waals surface area (Å²) in [6.45, 7) is 0. The predicted molar refractivity (Wildman–Crippen MR) is 63.6 cm³/mol. The van der Waals surface area contributed by atoms with Crippen LogP contribution in [0, 0.1) is 0 Å². The monoisotopic (exact) mass is 222 g/mol. The molecule has 0 aliphatic carbocycles. The molecule has 1 saturated heterocycles. The molecule has 1 aromatic rings. The van der Waals surface area contributed by atoms with E-state index in [1.165, 1.54) is 5.56 Å². The molecule has 2 rings (SSSR count). The fourth-order valence-electron chi connectivity index (χ4n) is 1.54. The second kappa shape index (κ2) is 4.24. The lowest BCUT2D eigenvalue weighted by Crippen LogP contribution is -2.15. The summed E-state index contributed by atoms with van der Waals surface area (Å²) in [4.78, 5) is 11.4. The number of thioether (sulfide) groups is 1. The molecule has 0 radical (unpaired) electrons. The van der Waals surface area contributed by atoms with E-state index in [1.54, 1.807) is 11.8 Å². The zero-order valence-electron chi connectivity index (χ0n) is 7.60. The molecule has 3 heteroatoms. The normalized spacial score (nSPS) is 22.4. The Morgan fingerprint density at radius 2 is 2.00 bits per heavy atom. The summed E-state index contributed by atoms with van der Waals surface area (Å²) in [6.07, 6.45) is 1.10. The van der Waals surface area contributed by atoms with Crippen LogP contribution >= 0.6 is 24.0 Å². The Morgan fingerprint density at radius 3 is 2.64 bits per heavy atom. The number of carbonyl (C=O) groups is 1. The van der Waals surface area contributed by atoms with Crippen molar-refractivity contribution in [1.82, 2.24) is 0 Å². The first-order valence-corrected chi connectivity index (χ1v) is 5.80. The van der Waals surface area contributed by atoms with Crippen LogP contribution in [0.1, 0.15) is 23.7 Å². The molecule has 0 aromatic heterocycles. The lowest BCUT2D eigenvalue weighted by Gasteiger charge is -2.21. The van der Waals surface area contributed by atoms with E-state index >= 15 is 0 Å². The van der Waals surface area contributed by atoms with Crippen molar-refractivity contribution < 1.29 is 4.79 Å². The van der Waals surface area contributed by atoms with Gasteiger partial charge in [0.05, 0.1) is 4.20 Å². The van der Waals surface area contributed by atoms with E-state index in [1.807, 2.05) is 18.2 Å². The molecule has 72 valence electrons. The molecule has 0 saturated carbocycles. The van der Waals surface area contributed by atoms with Gasteiger partial charge in [0, 0.05) is 18.1 Å². The highest BCUT2D eigenvalue weighted by Crippen LogP contribution is 2.38. The zero-order valence-corrected chi connectivity index (χ0v) is 9.24. The van der Waals surface area contributed by atoms with Gasteiger partial charge in [0.25, 0.3) is 0 Å². The van der Waals surface area contributed by atoms with E-state index in [0.29, 0.717) is 12.8 Å². The van der Waals surface area contributed by atoms with Crippen molar-refractivity contribution in [3.63, 3.8) is 0 Å². The van der Waals surface area contributed by atoms with Crippen molar-refractivity contribution in [1.29, 1.82) is 0 Å². The number of hydrogen-bond acceptors (Lipinski definition) is 3. The Bertz CT molecular complexity index is 343. The number of carbonyl (C=O) groups excluding carboxylic acids is 1. The van der Waals surface area contributed by atoms with Gasteiger partial charge in [-0.15, -0.1) is 11.8 Å². The Hall–Kier alpha value is -0.670. The molecule has 0 bridgehead atoms. The molecule has 1 nitrogen and oxygen atoms in total. The van der Waals surface area contributed by atoms with E-state index in [-0.39, 0.29) is 11.0 Å². The van der Waals surface area contributed by atoms with Gasteiger partial charge in [0.1, 0.15) is 5.78 Å². The smallest absolute Gasteiger partial charge is 0.140 e. The van der Waals surface area contributed by atoms with Crippen molar-refractivity contribution in [2.24, 2.45) is 0 Å². The summed E-state index contributed by atoms with van der Waals surface area (Å²) in [5.41, 5.74) is 1.20. The summed E-state index contributed by atoms with van der Waals surface area (Å²) < 4.78 is 0.829. The van der Waals surface area contributed by atoms with Crippen LogP contribution in [0.5, 0.6) is 0 Å². The highest BCUT2D eigenvalue weighted by molar-refractivity contribution is 8.23. The molecule has 1 fully saturated rings. The van der Waals surface area contributed by atoms with Crippen LogP contribution in [-0.4, -0.2) is 9.98 Å². The number of hydrogen-bond donors (Lipinski definition) is 0. The molecule has 0 spiro atoms. The summed E-state index contributed by atoms with van der Waals surface area (Å²) in [6, 6.07) is 10.1. The lowest BCUT2D eigenvalue weighted by atomic mass is 10.1. The molecule has 1 aliphatic heterocycles. The fourth-order valence-corrected chi connectivity index (χ4v) is 3.17. The van der Waals surface area contributed by atoms with E-state index in [4.69, 9.17) is 12.2 Å². The minimum absolute atomic E-state index is 0.241. The molecular weight excluding hydrogens is 212 g/mol. The zero-order chi connectivity index (χ0) is 9.97. The third-order valence-corrected chi connectivity index (χ3v) is 3.76. The van der Waals surface area contributed by atoms with Gasteiger partial charge in [-0.05, 0) is 5.56 Å². The molecule has 1 atom stereocenters. The van der Waals surface area contributed by atoms with E-state index in [9.17, 15) is 4.79 Å². The van der Waals surface area contributed by atoms with Crippen LogP contribution < -0.4 is 0 Å². The van der Waals surface area contributed by atoms with E-state index in [0.717, 1.165) is 4.20 Å². The summed E-state index contributed by atoms with van der Waals surface area (Å²) >= 11 is 6.76. The minimum Gasteiger partial charge on any atom is -0.299 e. The van der Waals surface area contributed by atoms with Crippen molar-refractivity contribution in [2.45, 2.75) is 18.1 Å². The first-order chi connectivity index (χ1) is 6.75. The van der Waals surface area contributed by atoms with Gasteiger partial charge < -0.3 is 0 Å². The molecule has 1 aliphatic rings. The fraction of sp³-hybridized carbons (Fsp3) is 0.273. The van der Waals surface area contributed by atoms with Crippen LogP contribution in [0.3, 0.4) is 0 Å². The van der Waals surface area contributed by atoms with Gasteiger partial charge >= 0.3 is 0 Å². The highest BCUT2D eigenvalue weighted by Gasteiger charge is 2.24. The molecule has 0 N–H and O–H groups in total. The SMILES string of the molecule is O=C1CC(=S)SC(c2ccccc2)C1. The minimum atomic E-state index is 0.241. The van der Waals surface area contributed by atoms with Crippen molar-refractivity contribution in [3.8, 4) is 0 Å². The summed E-state index contributed by atoms with van der Waals surface area (Å²) in [5, 5.41) is 0.241. The maximum Gasteiger partial charge on any atom is 0.140 e. The molecular formula is C11H10OS2. The Morgan fingerprint density at radius 1 is 1.29 bits per heavy atom. The number of thiocarbonyl (C=S) groups is 1. The first-order valence-electron chi connectivity index (χ1n) is 4.52. The first kappa shape index (κ1) is 9.87. The number of benzene rings is 1. The number of rotatable bonds is 1. The topological polar surface area (TPSA) is 17.1 Å². The van der Waals surface area contributed by atoms with Crippen molar-refractivity contribution >= 4 is 34.0 Å². The Labute approximate surface area is 92.9 Å². The molecule has 1 heterocycles. The second-order valence-electron chi connectivity index (χ2n) is 3.31. The highest BCUT2D eigenvalue weighted by atomic mass is 32.2. The maximum atomic E-state index is 11.4. The van der Waals surface area contributed by atoms with Crippen LogP contribution in [0.25, 0.3) is 0 Å². The number of ketones is 1. The maximum absolute atomic E-state index is 11.4. The lowest BCUT2D eigenvalue weighted by molar-refractivity contribution is -0.117. The van der Waals surface area contributed by atoms with Crippen LogP contribution in [0.4, 0.5) is 0 Å². The van der Waals surface area contributed by atoms with Crippen molar-refractivity contribution in [3.05, 3.63) is 35.9 Å². The van der Waals surface area contributed by atoms with Crippen LogP contribution in [-0.2, 0) is 4.79 Å². The molecule has 1 aromatic carbocycles. The van der Waals surface area contributed by atoms with Gasteiger partial charge in [-0.25, -0.2) is 0 Å². The Balaban J connectivity index is 2.19. The second-order valence-corrected chi connectivity index (χ2v) is 5.36. The van der Waals surface area contributed by atoms with Gasteiger partial charge in [-0.3, -0.25) is 4.79 Å². The predicted octanol–water partition coefficient (Wildman–Crippen LogP) is 3.15. The average molecular weight is 222 g/mol. The quantitative estimate of drug-likeness (QED) is 0.679. The third-order valence-electron chi connectivity index (χ3n) is 2.20. The average Bonchev–Trinajstić information content (AvgIpc) is 2.18. The number of Topliss-reactive ketones (excluding diaryl/α,β-unsaturated/α-hetero) is 1. The van der Waals surface area contributed by atoms with Crippen LogP contribution in [0.2, 0.25) is 0 Å². The van der Waals surface area contributed by atoms with E-state index in [2.05, 4.69) is 12.1 Å². The van der Waals surface area contributed by atoms with Gasteiger partial charge in [0.2, 0.25) is 0 Å². The summed E-state index contributed by atoms with van der Waals surface area (Å²) in [7, 11) is 0. The van der Waals surface area contributed by atoms with Gasteiger partial charge in [0.15, 0.2) is 0 Å². The summed E-state index contributed by atoms with van der Waals surface area (Å²) in [5.74, 6) is 0.266. The molecule has 14 heavy (non-hydrogen) atoms. The van der Waals surface area contributed by atoms with Gasteiger partial charge in [-0.2, -0.15) is 0 Å². The van der Waals surface area contributed by atoms with Crippen molar-refractivity contribution in [2.75, 3.05) is 0 Å². The molecule has 0 amide bonds. The molecule has 1 unspecified atom stereocenters. The largest absolute Gasteiger partial charge is 0.299 e. The van der Waals surface area contributed by atoms with Crippen LogP contribution in [0.15, 0.2) is 30.3 Å².